The maximum absolute atomic E-state index is 13.5. The monoisotopic (exact) mass is 502 g/mol. The number of amides is 3. The number of nitrogens with zero attached hydrogens (tertiary/aromatic N) is 1. The summed E-state index contributed by atoms with van der Waals surface area (Å²) in [6, 6.07) is 14.1. The van der Waals surface area contributed by atoms with E-state index >= 15 is 0 Å². The number of hydrogen-bond donors (Lipinski definition) is 1. The molecule has 37 heavy (non-hydrogen) atoms. The number of benzene rings is 2. The lowest BCUT2D eigenvalue weighted by atomic mass is 9.81. The highest BCUT2D eigenvalue weighted by Gasteiger charge is 2.62. The average molecular weight is 503 g/mol. The van der Waals surface area contributed by atoms with E-state index in [1.165, 1.54) is 0 Å². The van der Waals surface area contributed by atoms with Gasteiger partial charge in [-0.3, -0.25) is 19.3 Å². The van der Waals surface area contributed by atoms with Gasteiger partial charge in [0.05, 0.1) is 11.8 Å². The van der Waals surface area contributed by atoms with Gasteiger partial charge in [-0.15, -0.1) is 0 Å². The van der Waals surface area contributed by atoms with Crippen molar-refractivity contribution in [2.24, 2.45) is 23.7 Å². The topological polar surface area (TPSA) is 92.8 Å². The number of carbonyl (C=O) groups is 4. The highest BCUT2D eigenvalue weighted by Crippen LogP contribution is 2.56. The standard InChI is InChI=1S/C30H34N2O5/c1-3-19-11-8-12-20(4-2)27(19)31-24(33)17-37-30(36)23(15-18-9-6-5-7-10-18)32-28(34)25-21-13-14-22(16-21)26(25)29(32)35/h5-12,21-23,25-26H,3-4,13-17H2,1-2H3,(H,31,33)/t21-,22-,23-,25-,26+/m0/s1. The number of imide groups is 1. The zero-order valence-corrected chi connectivity index (χ0v) is 21.4. The Hall–Kier alpha value is -3.48. The number of esters is 1. The van der Waals surface area contributed by atoms with Crippen molar-refractivity contribution in [2.75, 3.05) is 11.9 Å². The van der Waals surface area contributed by atoms with Crippen LogP contribution in [0.4, 0.5) is 5.69 Å². The van der Waals surface area contributed by atoms with Crippen LogP contribution in [0.15, 0.2) is 48.5 Å². The third-order valence-electron chi connectivity index (χ3n) is 8.43. The lowest BCUT2D eigenvalue weighted by Gasteiger charge is -2.26. The second kappa shape index (κ2) is 10.5. The second-order valence-corrected chi connectivity index (χ2v) is 10.5. The van der Waals surface area contributed by atoms with E-state index in [0.29, 0.717) is 0 Å². The molecule has 3 fully saturated rings. The van der Waals surface area contributed by atoms with Crippen molar-refractivity contribution in [2.45, 2.75) is 58.4 Å². The van der Waals surface area contributed by atoms with Gasteiger partial charge in [0, 0.05) is 12.1 Å². The molecule has 7 heteroatoms. The Labute approximate surface area is 217 Å². The summed E-state index contributed by atoms with van der Waals surface area (Å²) in [6.45, 7) is 3.55. The minimum absolute atomic E-state index is 0.159. The molecule has 1 N–H and O–H groups in total. The first-order valence-corrected chi connectivity index (χ1v) is 13.4. The zero-order valence-electron chi connectivity index (χ0n) is 21.4. The fraction of sp³-hybridized carbons (Fsp3) is 0.467. The van der Waals surface area contributed by atoms with Crippen LogP contribution in [-0.2, 0) is 43.2 Å². The van der Waals surface area contributed by atoms with Crippen LogP contribution in [0, 0.1) is 23.7 Å². The number of anilines is 1. The highest BCUT2D eigenvalue weighted by atomic mass is 16.5. The van der Waals surface area contributed by atoms with Crippen molar-refractivity contribution in [1.29, 1.82) is 0 Å². The van der Waals surface area contributed by atoms with Crippen LogP contribution in [0.25, 0.3) is 0 Å². The molecular formula is C30H34N2O5. The summed E-state index contributed by atoms with van der Waals surface area (Å²) < 4.78 is 5.46. The molecule has 1 aliphatic heterocycles. The maximum Gasteiger partial charge on any atom is 0.330 e. The molecule has 2 aliphatic carbocycles. The van der Waals surface area contributed by atoms with Gasteiger partial charge >= 0.3 is 5.97 Å². The van der Waals surface area contributed by atoms with Gasteiger partial charge in [0.2, 0.25) is 11.8 Å². The van der Waals surface area contributed by atoms with Crippen LogP contribution in [0.3, 0.4) is 0 Å². The van der Waals surface area contributed by atoms with Gasteiger partial charge in [0.1, 0.15) is 6.04 Å². The lowest BCUT2D eigenvalue weighted by molar-refractivity contribution is -0.160. The summed E-state index contributed by atoms with van der Waals surface area (Å²) in [7, 11) is 0. The molecule has 3 aliphatic rings. The fourth-order valence-corrected chi connectivity index (χ4v) is 6.67. The summed E-state index contributed by atoms with van der Waals surface area (Å²) >= 11 is 0. The molecule has 2 bridgehead atoms. The van der Waals surface area contributed by atoms with Crippen LogP contribution in [0.2, 0.25) is 0 Å². The van der Waals surface area contributed by atoms with E-state index in [1.807, 2.05) is 62.4 Å². The normalized spacial score (nSPS) is 24.8. The number of para-hydroxylation sites is 1. The minimum Gasteiger partial charge on any atom is -0.454 e. The molecule has 1 heterocycles. The summed E-state index contributed by atoms with van der Waals surface area (Å²) in [5, 5.41) is 2.90. The van der Waals surface area contributed by atoms with E-state index in [1.54, 1.807) is 0 Å². The van der Waals surface area contributed by atoms with E-state index in [2.05, 4.69) is 5.32 Å². The molecule has 2 aromatic carbocycles. The van der Waals surface area contributed by atoms with Crippen molar-refractivity contribution in [3.05, 3.63) is 65.2 Å². The smallest absolute Gasteiger partial charge is 0.330 e. The molecule has 2 aromatic rings. The first-order valence-electron chi connectivity index (χ1n) is 13.4. The van der Waals surface area contributed by atoms with Gasteiger partial charge in [-0.25, -0.2) is 4.79 Å². The third-order valence-corrected chi connectivity index (χ3v) is 8.43. The first-order chi connectivity index (χ1) is 17.9. The molecule has 2 saturated carbocycles. The van der Waals surface area contributed by atoms with Crippen LogP contribution >= 0.6 is 0 Å². The molecule has 5 atom stereocenters. The molecule has 0 radical (unpaired) electrons. The van der Waals surface area contributed by atoms with Gasteiger partial charge in [0.25, 0.3) is 5.91 Å². The largest absolute Gasteiger partial charge is 0.454 e. The van der Waals surface area contributed by atoms with Crippen molar-refractivity contribution in [1.82, 2.24) is 4.90 Å². The predicted molar refractivity (Wildman–Crippen MR) is 138 cm³/mol. The number of likely N-dealkylation sites (tertiary alicyclic amines) is 1. The van der Waals surface area contributed by atoms with Gasteiger partial charge in [-0.1, -0.05) is 62.4 Å². The molecule has 5 rings (SSSR count). The molecule has 3 amide bonds. The Morgan fingerprint density at radius 1 is 0.919 bits per heavy atom. The van der Waals surface area contributed by atoms with Crippen LogP contribution in [-0.4, -0.2) is 41.2 Å². The highest BCUT2D eigenvalue weighted by molar-refractivity contribution is 6.08. The van der Waals surface area contributed by atoms with Gasteiger partial charge in [-0.05, 0) is 60.6 Å². The predicted octanol–water partition coefficient (Wildman–Crippen LogP) is 3.94. The van der Waals surface area contributed by atoms with E-state index in [4.69, 9.17) is 4.74 Å². The molecule has 0 aromatic heterocycles. The molecular weight excluding hydrogens is 468 g/mol. The Bertz CT molecular complexity index is 1160. The zero-order chi connectivity index (χ0) is 26.1. The van der Waals surface area contributed by atoms with Crippen LogP contribution in [0.1, 0.15) is 49.8 Å². The fourth-order valence-electron chi connectivity index (χ4n) is 6.67. The Kier molecular flexibility index (Phi) is 7.13. The Morgan fingerprint density at radius 3 is 2.08 bits per heavy atom. The quantitative estimate of drug-likeness (QED) is 0.414. The van der Waals surface area contributed by atoms with E-state index in [0.717, 1.165) is 59.4 Å². The summed E-state index contributed by atoms with van der Waals surface area (Å²) in [4.78, 5) is 54.3. The van der Waals surface area contributed by atoms with Crippen LogP contribution in [0.5, 0.6) is 0 Å². The number of rotatable bonds is 9. The Balaban J connectivity index is 1.32. The number of ether oxygens (including phenoxy) is 1. The number of nitrogens with one attached hydrogen (secondary N) is 1. The number of aryl methyl sites for hydroxylation is 2. The number of hydrogen-bond acceptors (Lipinski definition) is 5. The van der Waals surface area contributed by atoms with Crippen LogP contribution < -0.4 is 5.32 Å². The van der Waals surface area contributed by atoms with E-state index in [-0.39, 0.29) is 41.9 Å². The SMILES string of the molecule is CCc1cccc(CC)c1NC(=O)COC(=O)[C@H](Cc1ccccc1)N1C(=O)[C@@H]2[C@H]3CC[C@@H](C3)[C@@H]2C1=O. The molecule has 1 saturated heterocycles. The summed E-state index contributed by atoms with van der Waals surface area (Å²) in [6.07, 6.45) is 4.52. The van der Waals surface area contributed by atoms with E-state index in [9.17, 15) is 19.2 Å². The lowest BCUT2D eigenvalue weighted by Crippen LogP contribution is -2.48. The maximum atomic E-state index is 13.5. The van der Waals surface area contributed by atoms with Gasteiger partial charge < -0.3 is 10.1 Å². The summed E-state index contributed by atoms with van der Waals surface area (Å²) in [5.41, 5.74) is 3.59. The second-order valence-electron chi connectivity index (χ2n) is 10.5. The Morgan fingerprint density at radius 2 is 1.51 bits per heavy atom. The van der Waals surface area contributed by atoms with Gasteiger partial charge in [0.15, 0.2) is 6.61 Å². The van der Waals surface area contributed by atoms with Crippen molar-refractivity contribution in [3.63, 3.8) is 0 Å². The van der Waals surface area contributed by atoms with E-state index < -0.39 is 24.5 Å². The van der Waals surface area contributed by atoms with Crippen molar-refractivity contribution in [3.8, 4) is 0 Å². The average Bonchev–Trinajstić information content (AvgIpc) is 3.60. The van der Waals surface area contributed by atoms with Crippen molar-refractivity contribution >= 4 is 29.4 Å². The minimum atomic E-state index is -1.09. The molecule has 0 unspecified atom stereocenters. The number of fused-ring (bicyclic) bond motifs is 5. The molecule has 194 valence electrons. The number of carbonyl (C=O) groups excluding carboxylic acids is 4. The molecule has 7 nitrogen and oxygen atoms in total. The summed E-state index contributed by atoms with van der Waals surface area (Å²) in [5.74, 6) is -1.88. The first kappa shape index (κ1) is 25.2. The van der Waals surface area contributed by atoms with Crippen molar-refractivity contribution < 1.29 is 23.9 Å². The van der Waals surface area contributed by atoms with Gasteiger partial charge in [-0.2, -0.15) is 0 Å². The molecule has 0 spiro atoms. The third kappa shape index (κ3) is 4.67.